The number of rotatable bonds is 13. The summed E-state index contributed by atoms with van der Waals surface area (Å²) in [6, 6.07) is 16.5. The fraction of sp³-hybridized carbons (Fsp3) is 0.394. The van der Waals surface area contributed by atoms with Gasteiger partial charge in [0.15, 0.2) is 11.5 Å². The number of nitrogens with zero attached hydrogens (tertiary/aromatic N) is 2. The maximum absolute atomic E-state index is 14.3. The molecule has 3 aromatic rings. The van der Waals surface area contributed by atoms with Gasteiger partial charge in [0.05, 0.1) is 24.8 Å². The molecule has 0 aliphatic heterocycles. The number of ether oxygens (including phenoxy) is 2. The van der Waals surface area contributed by atoms with Gasteiger partial charge in [-0.3, -0.25) is 13.9 Å². The quantitative estimate of drug-likeness (QED) is 0.287. The molecule has 3 rings (SSSR count). The first-order chi connectivity index (χ1) is 20.3. The number of methoxy groups -OCH3 is 2. The Kier molecular flexibility index (Phi) is 11.2. The first-order valence-electron chi connectivity index (χ1n) is 14.3. The van der Waals surface area contributed by atoms with Crippen molar-refractivity contribution in [3.05, 3.63) is 82.9 Å². The minimum Gasteiger partial charge on any atom is -0.493 e. The fourth-order valence-corrected chi connectivity index (χ4v) is 6.45. The second-order valence-electron chi connectivity index (χ2n) is 11.0. The molecular formula is C33H43N3O6S. The van der Waals surface area contributed by atoms with Crippen LogP contribution in [0.5, 0.6) is 11.5 Å². The summed E-state index contributed by atoms with van der Waals surface area (Å²) in [6.07, 6.45) is 0.349. The standard InChI is InChI=1S/C33H43N3O6S/c1-9-29(33(38)34-22(2)3)35(20-26-12-10-11-23(4)16-26)32(37)21-36(27-17-24(5)15-25(6)18-27)43(39,40)28-13-14-30(41-7)31(19-28)42-8/h10-19,22,29H,9,20-21H2,1-8H3,(H,34,38)/t29-/m0/s1. The lowest BCUT2D eigenvalue weighted by atomic mass is 10.1. The number of aryl methyl sites for hydroxylation is 3. The van der Waals surface area contributed by atoms with Gasteiger partial charge in [0.1, 0.15) is 12.6 Å². The van der Waals surface area contributed by atoms with E-state index >= 15 is 0 Å². The van der Waals surface area contributed by atoms with E-state index in [1.165, 1.54) is 37.3 Å². The zero-order valence-corrected chi connectivity index (χ0v) is 27.1. The molecule has 2 amide bonds. The Bertz CT molecular complexity index is 1530. The molecule has 0 bridgehead atoms. The highest BCUT2D eigenvalue weighted by atomic mass is 32.2. The lowest BCUT2D eigenvalue weighted by Gasteiger charge is -2.33. The lowest BCUT2D eigenvalue weighted by molar-refractivity contribution is -0.140. The summed E-state index contributed by atoms with van der Waals surface area (Å²) in [7, 11) is -1.38. The monoisotopic (exact) mass is 609 g/mol. The van der Waals surface area contributed by atoms with E-state index in [-0.39, 0.29) is 29.1 Å². The maximum Gasteiger partial charge on any atom is 0.264 e. The third-order valence-electron chi connectivity index (χ3n) is 6.97. The van der Waals surface area contributed by atoms with Gasteiger partial charge >= 0.3 is 0 Å². The first-order valence-corrected chi connectivity index (χ1v) is 15.7. The van der Waals surface area contributed by atoms with Gasteiger partial charge in [-0.25, -0.2) is 8.42 Å². The molecule has 0 unspecified atom stereocenters. The topological polar surface area (TPSA) is 105 Å². The van der Waals surface area contributed by atoms with Crippen molar-refractivity contribution in [3.63, 3.8) is 0 Å². The molecule has 0 aliphatic carbocycles. The number of carbonyl (C=O) groups is 2. The second kappa shape index (κ2) is 14.4. The average Bonchev–Trinajstić information content (AvgIpc) is 2.94. The van der Waals surface area contributed by atoms with E-state index in [0.29, 0.717) is 17.9 Å². The molecule has 232 valence electrons. The number of anilines is 1. The normalized spacial score (nSPS) is 12.0. The van der Waals surface area contributed by atoms with Gasteiger partial charge in [-0.1, -0.05) is 42.8 Å². The Morgan fingerprint density at radius 1 is 0.860 bits per heavy atom. The Morgan fingerprint density at radius 3 is 2.07 bits per heavy atom. The molecule has 0 heterocycles. The molecule has 1 atom stereocenters. The van der Waals surface area contributed by atoms with Gasteiger partial charge in [-0.05, 0) is 82.0 Å². The molecule has 0 spiro atoms. The van der Waals surface area contributed by atoms with Gasteiger partial charge in [0.25, 0.3) is 10.0 Å². The van der Waals surface area contributed by atoms with Gasteiger partial charge in [0, 0.05) is 18.7 Å². The zero-order chi connectivity index (χ0) is 31.9. The van der Waals surface area contributed by atoms with Crippen molar-refractivity contribution in [2.45, 2.75) is 71.5 Å². The molecule has 0 fully saturated rings. The highest BCUT2D eigenvalue weighted by Gasteiger charge is 2.34. The molecule has 43 heavy (non-hydrogen) atoms. The molecule has 0 saturated heterocycles. The van der Waals surface area contributed by atoms with Crippen LogP contribution >= 0.6 is 0 Å². The molecule has 0 aliphatic rings. The summed E-state index contributed by atoms with van der Waals surface area (Å²) in [6.45, 7) is 10.9. The first kappa shape index (κ1) is 33.5. The van der Waals surface area contributed by atoms with Crippen molar-refractivity contribution in [2.75, 3.05) is 25.1 Å². The Labute approximate surface area is 255 Å². The third-order valence-corrected chi connectivity index (χ3v) is 8.74. The minimum absolute atomic E-state index is 0.0630. The Balaban J connectivity index is 2.14. The van der Waals surface area contributed by atoms with Crippen LogP contribution in [-0.4, -0.2) is 58.0 Å². The van der Waals surface area contributed by atoms with Crippen molar-refractivity contribution < 1.29 is 27.5 Å². The van der Waals surface area contributed by atoms with Crippen LogP contribution in [0.1, 0.15) is 49.4 Å². The number of hydrogen-bond acceptors (Lipinski definition) is 6. The molecule has 0 saturated carbocycles. The summed E-state index contributed by atoms with van der Waals surface area (Å²) < 4.78 is 40.3. The van der Waals surface area contributed by atoms with E-state index in [1.54, 1.807) is 12.1 Å². The SMILES string of the molecule is CC[C@@H](C(=O)NC(C)C)N(Cc1cccc(C)c1)C(=O)CN(c1cc(C)cc(C)c1)S(=O)(=O)c1ccc(OC)c(OC)c1. The molecular weight excluding hydrogens is 566 g/mol. The zero-order valence-electron chi connectivity index (χ0n) is 26.3. The van der Waals surface area contributed by atoms with E-state index in [0.717, 1.165) is 26.6 Å². The molecule has 9 nitrogen and oxygen atoms in total. The highest BCUT2D eigenvalue weighted by Crippen LogP contribution is 2.33. The van der Waals surface area contributed by atoms with E-state index in [2.05, 4.69) is 5.32 Å². The van der Waals surface area contributed by atoms with Crippen LogP contribution in [0.25, 0.3) is 0 Å². The summed E-state index contributed by atoms with van der Waals surface area (Å²) in [5.41, 5.74) is 3.88. The second-order valence-corrected chi connectivity index (χ2v) is 12.8. The predicted octanol–water partition coefficient (Wildman–Crippen LogP) is 5.16. The Morgan fingerprint density at radius 2 is 1.51 bits per heavy atom. The van der Waals surface area contributed by atoms with Crippen molar-refractivity contribution in [1.82, 2.24) is 10.2 Å². The number of nitrogens with one attached hydrogen (secondary N) is 1. The summed E-state index contributed by atoms with van der Waals surface area (Å²) in [4.78, 5) is 29.0. The van der Waals surface area contributed by atoms with Crippen molar-refractivity contribution >= 4 is 27.5 Å². The lowest BCUT2D eigenvalue weighted by Crippen LogP contribution is -2.53. The van der Waals surface area contributed by atoms with Gasteiger partial charge in [0.2, 0.25) is 11.8 Å². The average molecular weight is 610 g/mol. The molecule has 0 aromatic heterocycles. The van der Waals surface area contributed by atoms with Crippen LogP contribution in [0, 0.1) is 20.8 Å². The number of sulfonamides is 1. The van der Waals surface area contributed by atoms with Crippen molar-refractivity contribution in [3.8, 4) is 11.5 Å². The third kappa shape index (κ3) is 8.28. The number of benzene rings is 3. The van der Waals surface area contributed by atoms with Gasteiger partial charge < -0.3 is 19.7 Å². The smallest absolute Gasteiger partial charge is 0.264 e. The van der Waals surface area contributed by atoms with Crippen molar-refractivity contribution in [1.29, 1.82) is 0 Å². The van der Waals surface area contributed by atoms with Crippen LogP contribution in [0.15, 0.2) is 65.6 Å². The van der Waals surface area contributed by atoms with Crippen LogP contribution in [-0.2, 0) is 26.2 Å². The summed E-state index contributed by atoms with van der Waals surface area (Å²) in [5.74, 6) is -0.177. The Hall–Kier alpha value is -4.05. The predicted molar refractivity (Wildman–Crippen MR) is 169 cm³/mol. The fourth-order valence-electron chi connectivity index (χ4n) is 5.03. The van der Waals surface area contributed by atoms with E-state index in [9.17, 15) is 18.0 Å². The number of hydrogen-bond donors (Lipinski definition) is 1. The van der Waals surface area contributed by atoms with Gasteiger partial charge in [-0.2, -0.15) is 0 Å². The maximum atomic E-state index is 14.3. The van der Waals surface area contributed by atoms with Crippen LogP contribution in [0.4, 0.5) is 5.69 Å². The largest absolute Gasteiger partial charge is 0.493 e. The van der Waals surface area contributed by atoms with E-state index < -0.39 is 28.5 Å². The number of carbonyl (C=O) groups excluding carboxylic acids is 2. The molecule has 0 radical (unpaired) electrons. The van der Waals surface area contributed by atoms with Gasteiger partial charge in [-0.15, -0.1) is 0 Å². The number of amides is 2. The van der Waals surface area contributed by atoms with E-state index in [1.807, 2.05) is 71.9 Å². The van der Waals surface area contributed by atoms with Crippen LogP contribution < -0.4 is 19.1 Å². The molecule has 3 aromatic carbocycles. The van der Waals surface area contributed by atoms with Crippen LogP contribution in [0.3, 0.4) is 0 Å². The molecule has 1 N–H and O–H groups in total. The van der Waals surface area contributed by atoms with Crippen molar-refractivity contribution in [2.24, 2.45) is 0 Å². The van der Waals surface area contributed by atoms with Crippen LogP contribution in [0.2, 0.25) is 0 Å². The highest BCUT2D eigenvalue weighted by molar-refractivity contribution is 7.92. The molecule has 10 heteroatoms. The summed E-state index contributed by atoms with van der Waals surface area (Å²) >= 11 is 0. The minimum atomic E-state index is -4.28. The summed E-state index contributed by atoms with van der Waals surface area (Å²) in [5, 5.41) is 2.92. The van der Waals surface area contributed by atoms with E-state index in [4.69, 9.17) is 9.47 Å².